The van der Waals surface area contributed by atoms with E-state index >= 15 is 0 Å². The molecule has 6 rings (SSSR count). The van der Waals surface area contributed by atoms with Gasteiger partial charge in [-0.05, 0) is 64.5 Å². The van der Waals surface area contributed by atoms with Crippen LogP contribution in [-0.2, 0) is 0 Å². The molecular formula is C32H22Br2ClN3O7. The molecule has 0 fully saturated rings. The van der Waals surface area contributed by atoms with Crippen LogP contribution in [0.2, 0.25) is 5.02 Å². The Balaban J connectivity index is 1.33. The van der Waals surface area contributed by atoms with Gasteiger partial charge < -0.3 is 28.7 Å². The third kappa shape index (κ3) is 5.96. The maximum Gasteiger partial charge on any atom is 0.343 e. The number of carbonyl (C=O) groups is 2. The number of rotatable bonds is 8. The highest BCUT2D eigenvalue weighted by atomic mass is 79.9. The van der Waals surface area contributed by atoms with Crippen LogP contribution in [0.25, 0.3) is 22.0 Å². The number of esters is 1. The van der Waals surface area contributed by atoms with Crippen LogP contribution in [0.4, 0.5) is 0 Å². The summed E-state index contributed by atoms with van der Waals surface area (Å²) >= 11 is 13.5. The molecule has 0 saturated heterocycles. The van der Waals surface area contributed by atoms with Crippen molar-refractivity contribution in [3.8, 4) is 39.9 Å². The molecule has 228 valence electrons. The third-order valence-electron chi connectivity index (χ3n) is 6.90. The Morgan fingerprint density at radius 3 is 2.51 bits per heavy atom. The second-order valence-corrected chi connectivity index (χ2v) is 11.7. The van der Waals surface area contributed by atoms with E-state index in [1.807, 2.05) is 12.1 Å². The number of fused-ring (bicyclic) bond motifs is 2. The average molecular weight is 756 g/mol. The predicted molar refractivity (Wildman–Crippen MR) is 176 cm³/mol. The summed E-state index contributed by atoms with van der Waals surface area (Å²) in [6.45, 7) is 0.0813. The number of ether oxygens (including phenoxy) is 5. The number of H-pyrrole nitrogens is 1. The Kier molecular flexibility index (Phi) is 8.70. The van der Waals surface area contributed by atoms with Crippen LogP contribution in [0.15, 0.2) is 80.8 Å². The van der Waals surface area contributed by atoms with E-state index < -0.39 is 11.9 Å². The number of aromatic nitrogens is 1. The fraction of sp³-hybridized carbons (Fsp3) is 0.0938. The maximum atomic E-state index is 13.7. The summed E-state index contributed by atoms with van der Waals surface area (Å²) in [4.78, 5) is 29.9. The molecule has 1 aromatic heterocycles. The zero-order valence-electron chi connectivity index (χ0n) is 23.6. The minimum Gasteiger partial charge on any atom is -0.496 e. The summed E-state index contributed by atoms with van der Waals surface area (Å²) in [6.07, 6.45) is 1.37. The highest BCUT2D eigenvalue weighted by molar-refractivity contribution is 9.11. The molecule has 1 aliphatic rings. The van der Waals surface area contributed by atoms with Crippen molar-refractivity contribution in [2.45, 2.75) is 0 Å². The molecule has 4 aromatic carbocycles. The Morgan fingerprint density at radius 2 is 1.73 bits per heavy atom. The smallest absolute Gasteiger partial charge is 0.343 e. The SMILES string of the molecule is COc1ccc(OC)c2c(-c3ccccc3Cl)c(C(=O)NN=Cc3cc(Br)cc(Br)c3OC(=O)c3ccc4c(c3)OCO4)[nH]c12. The standard InChI is InChI=1S/C32H22Br2ClN3O7/c1-41-23-9-10-24(42-2)28-27(23)26(19-5-3-4-6-21(19)35)29(37-28)31(39)38-36-14-17-11-18(33)13-20(34)30(17)45-32(40)16-7-8-22-25(12-16)44-15-43-22/h3-14,37H,15H2,1-2H3,(H,38,39). The van der Waals surface area contributed by atoms with Crippen molar-refractivity contribution in [2.75, 3.05) is 21.0 Å². The van der Waals surface area contributed by atoms with E-state index in [1.165, 1.54) is 13.3 Å². The van der Waals surface area contributed by atoms with Gasteiger partial charge in [-0.3, -0.25) is 4.79 Å². The first-order chi connectivity index (χ1) is 21.8. The molecule has 0 aliphatic carbocycles. The van der Waals surface area contributed by atoms with Crippen molar-refractivity contribution < 1.29 is 33.3 Å². The number of methoxy groups -OCH3 is 2. The van der Waals surface area contributed by atoms with Gasteiger partial charge in [0.05, 0.1) is 41.4 Å². The summed E-state index contributed by atoms with van der Waals surface area (Å²) in [5, 5.41) is 5.25. The summed E-state index contributed by atoms with van der Waals surface area (Å²) < 4.78 is 28.8. The van der Waals surface area contributed by atoms with Gasteiger partial charge in [0.1, 0.15) is 17.2 Å². The van der Waals surface area contributed by atoms with Crippen molar-refractivity contribution in [3.05, 3.63) is 97.5 Å². The van der Waals surface area contributed by atoms with Crippen LogP contribution < -0.4 is 29.1 Å². The lowest BCUT2D eigenvalue weighted by Crippen LogP contribution is -2.19. The quantitative estimate of drug-likeness (QED) is 0.0720. The van der Waals surface area contributed by atoms with E-state index in [0.29, 0.717) is 64.6 Å². The average Bonchev–Trinajstić information content (AvgIpc) is 3.67. The molecule has 2 heterocycles. The molecule has 0 saturated carbocycles. The second-order valence-electron chi connectivity index (χ2n) is 9.54. The van der Waals surface area contributed by atoms with Crippen LogP contribution in [0.5, 0.6) is 28.7 Å². The normalized spacial score (nSPS) is 12.0. The van der Waals surface area contributed by atoms with Crippen molar-refractivity contribution in [2.24, 2.45) is 5.10 Å². The van der Waals surface area contributed by atoms with Gasteiger partial charge in [0.2, 0.25) is 6.79 Å². The number of hydrogen-bond acceptors (Lipinski definition) is 8. The van der Waals surface area contributed by atoms with Crippen LogP contribution in [0.1, 0.15) is 26.4 Å². The van der Waals surface area contributed by atoms with Gasteiger partial charge >= 0.3 is 5.97 Å². The minimum atomic E-state index is -0.625. The highest BCUT2D eigenvalue weighted by Gasteiger charge is 2.25. The van der Waals surface area contributed by atoms with Gasteiger partial charge in [0, 0.05) is 26.2 Å². The van der Waals surface area contributed by atoms with E-state index in [-0.39, 0.29) is 23.8 Å². The zero-order chi connectivity index (χ0) is 31.7. The minimum absolute atomic E-state index is 0.0813. The van der Waals surface area contributed by atoms with Gasteiger partial charge in [-0.2, -0.15) is 5.10 Å². The molecule has 2 N–H and O–H groups in total. The first-order valence-electron chi connectivity index (χ1n) is 13.2. The second kappa shape index (κ2) is 12.8. The predicted octanol–water partition coefficient (Wildman–Crippen LogP) is 7.74. The number of nitrogens with one attached hydrogen (secondary N) is 2. The van der Waals surface area contributed by atoms with E-state index in [4.69, 9.17) is 35.3 Å². The first-order valence-corrected chi connectivity index (χ1v) is 15.2. The summed E-state index contributed by atoms with van der Waals surface area (Å²) in [7, 11) is 3.08. The molecule has 1 aliphatic heterocycles. The lowest BCUT2D eigenvalue weighted by atomic mass is 10.0. The largest absolute Gasteiger partial charge is 0.496 e. The molecule has 10 nitrogen and oxygen atoms in total. The molecule has 0 radical (unpaired) electrons. The van der Waals surface area contributed by atoms with Crippen molar-refractivity contribution in [3.63, 3.8) is 0 Å². The zero-order valence-corrected chi connectivity index (χ0v) is 27.5. The molecule has 0 bridgehead atoms. The summed E-state index contributed by atoms with van der Waals surface area (Å²) in [5.74, 6) is 1.03. The van der Waals surface area contributed by atoms with Gasteiger partial charge in [-0.25, -0.2) is 10.2 Å². The van der Waals surface area contributed by atoms with Crippen LogP contribution in [0.3, 0.4) is 0 Å². The number of aromatic amines is 1. The molecule has 45 heavy (non-hydrogen) atoms. The highest BCUT2D eigenvalue weighted by Crippen LogP contribution is 2.44. The fourth-order valence-corrected chi connectivity index (χ4v) is 6.44. The Labute approximate surface area is 278 Å². The number of benzene rings is 4. The van der Waals surface area contributed by atoms with Crippen LogP contribution in [0, 0.1) is 0 Å². The van der Waals surface area contributed by atoms with Crippen molar-refractivity contribution in [1.82, 2.24) is 10.4 Å². The Hall–Kier alpha value is -4.52. The van der Waals surface area contributed by atoms with Crippen LogP contribution >= 0.6 is 43.5 Å². The molecule has 0 unspecified atom stereocenters. The summed E-state index contributed by atoms with van der Waals surface area (Å²) in [5.41, 5.74) is 5.09. The van der Waals surface area contributed by atoms with Gasteiger partial charge in [0.25, 0.3) is 5.91 Å². The first kappa shape index (κ1) is 30.5. The molecule has 0 spiro atoms. The lowest BCUT2D eigenvalue weighted by Gasteiger charge is -2.11. The molecule has 0 atom stereocenters. The van der Waals surface area contributed by atoms with E-state index in [0.717, 1.165) is 0 Å². The van der Waals surface area contributed by atoms with E-state index in [9.17, 15) is 9.59 Å². The van der Waals surface area contributed by atoms with Gasteiger partial charge in [-0.15, -0.1) is 0 Å². The lowest BCUT2D eigenvalue weighted by molar-refractivity contribution is 0.0732. The Bertz CT molecular complexity index is 2010. The molecular weight excluding hydrogens is 734 g/mol. The maximum absolute atomic E-state index is 13.7. The Morgan fingerprint density at radius 1 is 0.978 bits per heavy atom. The topological polar surface area (TPSA) is 120 Å². The number of halogens is 3. The fourth-order valence-electron chi connectivity index (χ4n) is 4.87. The van der Waals surface area contributed by atoms with E-state index in [2.05, 4.69) is 47.4 Å². The van der Waals surface area contributed by atoms with Gasteiger partial charge in [0.15, 0.2) is 17.2 Å². The number of carbonyl (C=O) groups excluding carboxylic acids is 2. The van der Waals surface area contributed by atoms with Crippen LogP contribution in [-0.4, -0.2) is 44.1 Å². The molecule has 1 amide bonds. The van der Waals surface area contributed by atoms with Crippen molar-refractivity contribution in [1.29, 1.82) is 0 Å². The third-order valence-corrected chi connectivity index (χ3v) is 8.28. The van der Waals surface area contributed by atoms with E-state index in [1.54, 1.807) is 61.7 Å². The number of hydrazone groups is 1. The summed E-state index contributed by atoms with van der Waals surface area (Å²) in [6, 6.07) is 18.8. The van der Waals surface area contributed by atoms with Crippen molar-refractivity contribution >= 4 is 72.5 Å². The molecule has 5 aromatic rings. The van der Waals surface area contributed by atoms with Gasteiger partial charge in [-0.1, -0.05) is 45.7 Å². The number of amides is 1. The monoisotopic (exact) mass is 753 g/mol. The number of hydrogen-bond donors (Lipinski definition) is 2. The number of nitrogens with zero attached hydrogens (tertiary/aromatic N) is 1. The molecule has 13 heteroatoms.